The van der Waals surface area contributed by atoms with E-state index in [1.165, 1.54) is 12.1 Å². The summed E-state index contributed by atoms with van der Waals surface area (Å²) in [6.45, 7) is 4.25. The fourth-order valence-electron chi connectivity index (χ4n) is 2.98. The standard InChI is InChI=1S/C15H18F2N2O.ClH/c1-9-8-19(5-4-18-9)15(20)13-7-12(13)11-3-2-10(16)6-14(11)17;/h2-3,6,9,12-13,18H,4-5,7-8H2,1H3;1H. The summed E-state index contributed by atoms with van der Waals surface area (Å²) in [5.41, 5.74) is 0.466. The van der Waals surface area contributed by atoms with Crippen LogP contribution in [0.25, 0.3) is 0 Å². The number of nitrogens with one attached hydrogen (secondary N) is 1. The van der Waals surface area contributed by atoms with Crippen molar-refractivity contribution in [2.75, 3.05) is 19.6 Å². The fraction of sp³-hybridized carbons (Fsp3) is 0.533. The van der Waals surface area contributed by atoms with Crippen LogP contribution < -0.4 is 5.32 Å². The van der Waals surface area contributed by atoms with Crippen LogP contribution in [0.5, 0.6) is 0 Å². The summed E-state index contributed by atoms with van der Waals surface area (Å²) in [7, 11) is 0. The van der Waals surface area contributed by atoms with Gasteiger partial charge in [0.25, 0.3) is 0 Å². The van der Waals surface area contributed by atoms with Gasteiger partial charge in [-0.05, 0) is 30.9 Å². The predicted octanol–water partition coefficient (Wildman–Crippen LogP) is 2.31. The topological polar surface area (TPSA) is 32.3 Å². The lowest BCUT2D eigenvalue weighted by Gasteiger charge is -2.32. The van der Waals surface area contributed by atoms with Crippen molar-refractivity contribution < 1.29 is 13.6 Å². The molecule has 3 atom stereocenters. The van der Waals surface area contributed by atoms with Crippen LogP contribution >= 0.6 is 12.4 Å². The molecule has 1 saturated heterocycles. The Kier molecular flexibility index (Phi) is 4.84. The Morgan fingerprint density at radius 3 is 2.81 bits per heavy atom. The molecule has 1 saturated carbocycles. The van der Waals surface area contributed by atoms with Gasteiger partial charge < -0.3 is 10.2 Å². The molecular formula is C15H19ClF2N2O. The summed E-state index contributed by atoms with van der Waals surface area (Å²) in [6, 6.07) is 3.91. The molecule has 0 radical (unpaired) electrons. The molecule has 3 unspecified atom stereocenters. The highest BCUT2D eigenvalue weighted by Crippen LogP contribution is 2.49. The number of hydrogen-bond acceptors (Lipinski definition) is 2. The number of piperazine rings is 1. The second kappa shape index (κ2) is 6.28. The van der Waals surface area contributed by atoms with Crippen molar-refractivity contribution in [2.45, 2.75) is 25.3 Å². The van der Waals surface area contributed by atoms with Crippen molar-refractivity contribution in [1.29, 1.82) is 0 Å². The smallest absolute Gasteiger partial charge is 0.226 e. The maximum atomic E-state index is 13.7. The molecular weight excluding hydrogens is 298 g/mol. The minimum Gasteiger partial charge on any atom is -0.340 e. The van der Waals surface area contributed by atoms with E-state index >= 15 is 0 Å². The lowest BCUT2D eigenvalue weighted by atomic mass is 10.1. The van der Waals surface area contributed by atoms with E-state index < -0.39 is 11.6 Å². The summed E-state index contributed by atoms with van der Waals surface area (Å²) in [4.78, 5) is 14.2. The minimum absolute atomic E-state index is 0. The third kappa shape index (κ3) is 3.35. The Morgan fingerprint density at radius 2 is 2.14 bits per heavy atom. The molecule has 1 amide bonds. The first kappa shape index (κ1) is 16.2. The monoisotopic (exact) mass is 316 g/mol. The highest BCUT2D eigenvalue weighted by Gasteiger charge is 2.47. The van der Waals surface area contributed by atoms with Crippen LogP contribution in [0.15, 0.2) is 18.2 Å². The van der Waals surface area contributed by atoms with Crippen LogP contribution in [0.2, 0.25) is 0 Å². The Bertz CT molecular complexity index is 540. The molecule has 21 heavy (non-hydrogen) atoms. The molecule has 1 N–H and O–H groups in total. The summed E-state index contributed by atoms with van der Waals surface area (Å²) in [5, 5.41) is 3.29. The van der Waals surface area contributed by atoms with E-state index in [2.05, 4.69) is 5.32 Å². The van der Waals surface area contributed by atoms with E-state index in [-0.39, 0.29) is 30.2 Å². The molecule has 0 aromatic heterocycles. The molecule has 1 aromatic rings. The van der Waals surface area contributed by atoms with Gasteiger partial charge >= 0.3 is 0 Å². The zero-order valence-corrected chi connectivity index (χ0v) is 12.6. The Hall–Kier alpha value is -1.20. The van der Waals surface area contributed by atoms with Gasteiger partial charge in [0.15, 0.2) is 0 Å². The first-order valence-electron chi connectivity index (χ1n) is 7.03. The molecule has 6 heteroatoms. The third-order valence-corrected chi connectivity index (χ3v) is 4.15. The van der Waals surface area contributed by atoms with E-state index in [0.717, 1.165) is 12.6 Å². The van der Waals surface area contributed by atoms with E-state index in [9.17, 15) is 13.6 Å². The molecule has 2 fully saturated rings. The van der Waals surface area contributed by atoms with Crippen LogP contribution in [-0.2, 0) is 4.79 Å². The van der Waals surface area contributed by atoms with Crippen LogP contribution in [0.1, 0.15) is 24.8 Å². The van der Waals surface area contributed by atoms with Crippen molar-refractivity contribution in [3.05, 3.63) is 35.4 Å². The van der Waals surface area contributed by atoms with Crippen molar-refractivity contribution in [1.82, 2.24) is 10.2 Å². The zero-order valence-electron chi connectivity index (χ0n) is 11.8. The van der Waals surface area contributed by atoms with Crippen LogP contribution in [0, 0.1) is 17.6 Å². The largest absolute Gasteiger partial charge is 0.340 e. The number of amides is 1. The predicted molar refractivity (Wildman–Crippen MR) is 78.5 cm³/mol. The maximum absolute atomic E-state index is 13.7. The van der Waals surface area contributed by atoms with Gasteiger partial charge in [-0.25, -0.2) is 8.78 Å². The van der Waals surface area contributed by atoms with Crippen LogP contribution in [-0.4, -0.2) is 36.5 Å². The number of carbonyl (C=O) groups excluding carboxylic acids is 1. The number of rotatable bonds is 2. The lowest BCUT2D eigenvalue weighted by molar-refractivity contribution is -0.133. The van der Waals surface area contributed by atoms with Crippen molar-refractivity contribution in [3.63, 3.8) is 0 Å². The van der Waals surface area contributed by atoms with Crippen molar-refractivity contribution in [2.24, 2.45) is 5.92 Å². The average molecular weight is 317 g/mol. The summed E-state index contributed by atoms with van der Waals surface area (Å²) in [6.07, 6.45) is 0.666. The normalized spacial score (nSPS) is 28.0. The van der Waals surface area contributed by atoms with Gasteiger partial charge in [-0.3, -0.25) is 4.79 Å². The maximum Gasteiger partial charge on any atom is 0.226 e. The second-order valence-corrected chi connectivity index (χ2v) is 5.75. The fourth-order valence-corrected chi connectivity index (χ4v) is 2.98. The third-order valence-electron chi connectivity index (χ3n) is 4.15. The van der Waals surface area contributed by atoms with Gasteiger partial charge in [-0.1, -0.05) is 6.07 Å². The zero-order chi connectivity index (χ0) is 14.3. The number of benzene rings is 1. The van der Waals surface area contributed by atoms with Gasteiger partial charge in [0.1, 0.15) is 11.6 Å². The quantitative estimate of drug-likeness (QED) is 0.908. The highest BCUT2D eigenvalue weighted by molar-refractivity contribution is 5.85. The molecule has 3 nitrogen and oxygen atoms in total. The Balaban J connectivity index is 0.00000161. The van der Waals surface area contributed by atoms with E-state index in [0.29, 0.717) is 31.1 Å². The Labute approximate surface area is 129 Å². The van der Waals surface area contributed by atoms with Crippen LogP contribution in [0.4, 0.5) is 8.78 Å². The number of carbonyl (C=O) groups is 1. The average Bonchev–Trinajstić information content (AvgIpc) is 3.18. The SMILES string of the molecule is CC1CN(C(=O)C2CC2c2ccc(F)cc2F)CCN1.Cl. The number of hydrogen-bond donors (Lipinski definition) is 1. The van der Waals surface area contributed by atoms with E-state index in [1.807, 2.05) is 11.8 Å². The van der Waals surface area contributed by atoms with E-state index in [1.54, 1.807) is 0 Å². The minimum atomic E-state index is -0.578. The van der Waals surface area contributed by atoms with Gasteiger partial charge in [-0.15, -0.1) is 12.4 Å². The van der Waals surface area contributed by atoms with Crippen molar-refractivity contribution >= 4 is 18.3 Å². The molecule has 1 aliphatic heterocycles. The molecule has 3 rings (SSSR count). The van der Waals surface area contributed by atoms with Gasteiger partial charge in [-0.2, -0.15) is 0 Å². The first-order chi connectivity index (χ1) is 9.56. The highest BCUT2D eigenvalue weighted by atomic mass is 35.5. The van der Waals surface area contributed by atoms with Crippen LogP contribution in [0.3, 0.4) is 0 Å². The van der Waals surface area contributed by atoms with Gasteiger partial charge in [0.05, 0.1) is 0 Å². The molecule has 1 aliphatic carbocycles. The molecule has 0 bridgehead atoms. The molecule has 2 aliphatic rings. The van der Waals surface area contributed by atoms with Gasteiger partial charge in [0, 0.05) is 37.7 Å². The summed E-state index contributed by atoms with van der Waals surface area (Å²) >= 11 is 0. The lowest BCUT2D eigenvalue weighted by Crippen LogP contribution is -2.51. The summed E-state index contributed by atoms with van der Waals surface area (Å²) < 4.78 is 26.6. The second-order valence-electron chi connectivity index (χ2n) is 5.75. The molecule has 1 aromatic carbocycles. The van der Waals surface area contributed by atoms with Gasteiger partial charge in [0.2, 0.25) is 5.91 Å². The molecule has 116 valence electrons. The molecule has 1 heterocycles. The number of nitrogens with zero attached hydrogens (tertiary/aromatic N) is 1. The Morgan fingerprint density at radius 1 is 1.38 bits per heavy atom. The van der Waals surface area contributed by atoms with Crippen molar-refractivity contribution in [3.8, 4) is 0 Å². The van der Waals surface area contributed by atoms with E-state index in [4.69, 9.17) is 0 Å². The first-order valence-corrected chi connectivity index (χ1v) is 7.03. The number of halogens is 3. The summed E-state index contributed by atoms with van der Waals surface area (Å²) in [5.74, 6) is -1.25. The molecule has 0 spiro atoms.